The molecule has 4 heterocycles. The van der Waals surface area contributed by atoms with E-state index in [9.17, 15) is 0 Å². The zero-order valence-corrected chi connectivity index (χ0v) is 17.4. The van der Waals surface area contributed by atoms with Crippen LogP contribution >= 0.6 is 11.6 Å². The topological polar surface area (TPSA) is 63.0 Å². The summed E-state index contributed by atoms with van der Waals surface area (Å²) in [6.45, 7) is 4.91. The molecule has 0 N–H and O–H groups in total. The molecule has 0 saturated carbocycles. The monoisotopic (exact) mass is 409 g/mol. The van der Waals surface area contributed by atoms with Crippen LogP contribution in [-0.2, 0) is 6.54 Å². The molecule has 1 fully saturated rings. The maximum Gasteiger partial charge on any atom is 0.154 e. The first-order chi connectivity index (χ1) is 14.1. The molecule has 7 nitrogen and oxygen atoms in total. The van der Waals surface area contributed by atoms with E-state index in [2.05, 4.69) is 60.6 Å². The second-order valence-corrected chi connectivity index (χ2v) is 8.38. The molecule has 29 heavy (non-hydrogen) atoms. The molecule has 0 amide bonds. The van der Waals surface area contributed by atoms with Crippen molar-refractivity contribution < 1.29 is 0 Å². The van der Waals surface area contributed by atoms with Crippen LogP contribution in [0.1, 0.15) is 48.9 Å². The van der Waals surface area contributed by atoms with E-state index in [1.165, 1.54) is 5.56 Å². The summed E-state index contributed by atoms with van der Waals surface area (Å²) in [7, 11) is 2.12. The number of rotatable bonds is 2. The molecule has 3 aromatic rings. The number of hydrogen-bond acceptors (Lipinski definition) is 6. The normalized spacial score (nSPS) is 20.2. The quantitative estimate of drug-likeness (QED) is 0.644. The first-order valence-electron chi connectivity index (χ1n) is 10.1. The number of piperidine rings is 1. The molecule has 1 atom stereocenters. The summed E-state index contributed by atoms with van der Waals surface area (Å²) in [5.41, 5.74) is 2.36. The van der Waals surface area contributed by atoms with Crippen molar-refractivity contribution in [3.8, 4) is 5.69 Å². The summed E-state index contributed by atoms with van der Waals surface area (Å²) >= 11 is 6.30. The van der Waals surface area contributed by atoms with Crippen LogP contribution in [-0.4, -0.2) is 49.8 Å². The number of benzene rings is 1. The molecule has 2 aliphatic heterocycles. The highest BCUT2D eigenvalue weighted by Crippen LogP contribution is 2.36. The van der Waals surface area contributed by atoms with E-state index in [0.717, 1.165) is 60.7 Å². The minimum Gasteiger partial charge on any atom is -0.355 e. The van der Waals surface area contributed by atoms with Crippen molar-refractivity contribution in [2.45, 2.75) is 38.3 Å². The van der Waals surface area contributed by atoms with Gasteiger partial charge < -0.3 is 4.90 Å². The minimum absolute atomic E-state index is 0.183. The summed E-state index contributed by atoms with van der Waals surface area (Å²) in [6, 6.07) is 6.31. The third-order valence-electron chi connectivity index (χ3n) is 6.18. The van der Waals surface area contributed by atoms with Crippen LogP contribution in [0.15, 0.2) is 36.8 Å². The fraction of sp³-hybridized carbons (Fsp3) is 0.429. The fourth-order valence-electron chi connectivity index (χ4n) is 4.41. The Labute approximate surface area is 175 Å². The number of nitrogens with zero attached hydrogens (tertiary/aromatic N) is 7. The first kappa shape index (κ1) is 18.5. The average molecular weight is 410 g/mol. The maximum atomic E-state index is 6.30. The molecule has 0 bridgehead atoms. The second-order valence-electron chi connectivity index (χ2n) is 7.94. The number of aromatic nitrogens is 5. The summed E-state index contributed by atoms with van der Waals surface area (Å²) in [5, 5.41) is 10.1. The Morgan fingerprint density at radius 1 is 1.07 bits per heavy atom. The van der Waals surface area contributed by atoms with Crippen LogP contribution in [0.5, 0.6) is 0 Å². The van der Waals surface area contributed by atoms with Crippen LogP contribution < -0.4 is 4.90 Å². The van der Waals surface area contributed by atoms with Gasteiger partial charge in [0.2, 0.25) is 0 Å². The summed E-state index contributed by atoms with van der Waals surface area (Å²) in [5.74, 6) is 3.37. The van der Waals surface area contributed by atoms with Gasteiger partial charge in [0.25, 0.3) is 0 Å². The molecule has 5 rings (SSSR count). The van der Waals surface area contributed by atoms with Crippen molar-refractivity contribution in [1.82, 2.24) is 29.6 Å². The predicted octanol–water partition coefficient (Wildman–Crippen LogP) is 3.60. The fourth-order valence-corrected chi connectivity index (χ4v) is 4.61. The molecule has 1 aromatic carbocycles. The second kappa shape index (κ2) is 7.39. The Morgan fingerprint density at radius 2 is 1.86 bits per heavy atom. The molecule has 2 aromatic heterocycles. The van der Waals surface area contributed by atoms with Gasteiger partial charge in [0, 0.05) is 43.0 Å². The van der Waals surface area contributed by atoms with Gasteiger partial charge in [0.1, 0.15) is 11.6 Å². The predicted molar refractivity (Wildman–Crippen MR) is 112 cm³/mol. The van der Waals surface area contributed by atoms with Gasteiger partial charge in [-0.2, -0.15) is 0 Å². The van der Waals surface area contributed by atoms with Gasteiger partial charge in [-0.25, -0.2) is 4.98 Å². The van der Waals surface area contributed by atoms with Gasteiger partial charge in [-0.05, 0) is 50.6 Å². The lowest BCUT2D eigenvalue weighted by Gasteiger charge is -2.32. The van der Waals surface area contributed by atoms with E-state index in [0.29, 0.717) is 5.92 Å². The number of halogens is 1. The van der Waals surface area contributed by atoms with Crippen LogP contribution in [0.4, 0.5) is 5.82 Å². The zero-order valence-electron chi connectivity index (χ0n) is 16.7. The van der Waals surface area contributed by atoms with E-state index in [1.54, 1.807) is 12.4 Å². The third kappa shape index (κ3) is 3.28. The summed E-state index contributed by atoms with van der Waals surface area (Å²) < 4.78 is 2.28. The highest BCUT2D eigenvalue weighted by atomic mass is 35.5. The van der Waals surface area contributed by atoms with Gasteiger partial charge in [-0.15, -0.1) is 10.2 Å². The van der Waals surface area contributed by atoms with Gasteiger partial charge >= 0.3 is 0 Å². The summed E-state index contributed by atoms with van der Waals surface area (Å²) in [4.78, 5) is 13.2. The Kier molecular flexibility index (Phi) is 4.72. The highest BCUT2D eigenvalue weighted by Gasteiger charge is 2.32. The average Bonchev–Trinajstić information content (AvgIpc) is 3.15. The molecular formula is C21H24ClN7. The van der Waals surface area contributed by atoms with Crippen LogP contribution in [0, 0.1) is 0 Å². The summed E-state index contributed by atoms with van der Waals surface area (Å²) in [6.07, 6.45) is 7.33. The molecule has 0 aliphatic carbocycles. The molecule has 0 spiro atoms. The van der Waals surface area contributed by atoms with Gasteiger partial charge in [-0.1, -0.05) is 11.6 Å². The lowest BCUT2D eigenvalue weighted by molar-refractivity contribution is 0.247. The largest absolute Gasteiger partial charge is 0.355 e. The van der Waals surface area contributed by atoms with Gasteiger partial charge in [0.15, 0.2) is 5.82 Å². The highest BCUT2D eigenvalue weighted by molar-refractivity contribution is 6.30. The van der Waals surface area contributed by atoms with Crippen LogP contribution in [0.3, 0.4) is 0 Å². The van der Waals surface area contributed by atoms with Crippen molar-refractivity contribution in [3.05, 3.63) is 59.0 Å². The molecule has 2 aliphatic rings. The van der Waals surface area contributed by atoms with Crippen LogP contribution in [0.2, 0.25) is 5.02 Å². The molecular weight excluding hydrogens is 386 g/mol. The number of fused-ring (bicyclic) bond motifs is 3. The van der Waals surface area contributed by atoms with E-state index in [-0.39, 0.29) is 6.04 Å². The third-order valence-corrected chi connectivity index (χ3v) is 6.42. The molecule has 150 valence electrons. The Hall–Kier alpha value is -2.51. The van der Waals surface area contributed by atoms with Crippen molar-refractivity contribution in [2.75, 3.05) is 25.0 Å². The van der Waals surface area contributed by atoms with Crippen molar-refractivity contribution >= 4 is 17.4 Å². The standard InChI is InChI=1S/C21H24ClN7/c1-14-20-25-26-21(15-5-9-28(10-6-15)19-12-23-7-8-24-19)29(20)18-4-3-17(22)11-16(18)13-27(14)2/h3-4,7-8,11-12,14-15H,5-6,9-10,13H2,1-2H3. The Balaban J connectivity index is 1.48. The van der Waals surface area contributed by atoms with Crippen molar-refractivity contribution in [2.24, 2.45) is 0 Å². The number of anilines is 1. The van der Waals surface area contributed by atoms with Gasteiger partial charge in [0.05, 0.1) is 17.9 Å². The van der Waals surface area contributed by atoms with E-state index >= 15 is 0 Å². The molecule has 1 unspecified atom stereocenters. The SMILES string of the molecule is CC1c2nnc(C3CCN(c4cnccn4)CC3)n2-c2ccc(Cl)cc2CN1C. The molecule has 0 radical (unpaired) electrons. The number of hydrogen-bond donors (Lipinski definition) is 0. The Morgan fingerprint density at radius 3 is 2.62 bits per heavy atom. The molecule has 1 saturated heterocycles. The van der Waals surface area contributed by atoms with Crippen molar-refractivity contribution in [1.29, 1.82) is 0 Å². The minimum atomic E-state index is 0.183. The Bertz CT molecular complexity index is 1010. The maximum absolute atomic E-state index is 6.30. The lowest BCUT2D eigenvalue weighted by atomic mass is 9.95. The van der Waals surface area contributed by atoms with E-state index in [4.69, 9.17) is 11.6 Å². The van der Waals surface area contributed by atoms with Crippen molar-refractivity contribution in [3.63, 3.8) is 0 Å². The van der Waals surface area contributed by atoms with E-state index in [1.807, 2.05) is 12.3 Å². The zero-order chi connectivity index (χ0) is 20.0. The first-order valence-corrected chi connectivity index (χ1v) is 10.4. The molecule has 8 heteroatoms. The lowest BCUT2D eigenvalue weighted by Crippen LogP contribution is -2.34. The van der Waals surface area contributed by atoms with E-state index < -0.39 is 0 Å². The smallest absolute Gasteiger partial charge is 0.154 e. The van der Waals surface area contributed by atoms with Gasteiger partial charge in [-0.3, -0.25) is 14.5 Å². The van der Waals surface area contributed by atoms with Crippen LogP contribution in [0.25, 0.3) is 5.69 Å².